The first-order chi connectivity index (χ1) is 9.66. The quantitative estimate of drug-likeness (QED) is 0.866. The molecule has 3 nitrogen and oxygen atoms in total. The maximum atomic E-state index is 10.4. The van der Waals surface area contributed by atoms with Crippen molar-refractivity contribution >= 4 is 27.5 Å². The number of nitrogens with one attached hydrogen (secondary N) is 1. The third-order valence-corrected chi connectivity index (χ3v) is 5.26. The van der Waals surface area contributed by atoms with Crippen LogP contribution in [0.15, 0.2) is 16.6 Å². The summed E-state index contributed by atoms with van der Waals surface area (Å²) in [4.78, 5) is 2.50. The number of phenolic OH excluding ortho intramolecular Hbond substituents is 1. The van der Waals surface area contributed by atoms with Crippen molar-refractivity contribution in [1.29, 1.82) is 0 Å². The minimum Gasteiger partial charge on any atom is -0.506 e. The minimum atomic E-state index is 0.255. The number of phenols is 1. The van der Waals surface area contributed by atoms with Crippen molar-refractivity contribution in [2.75, 3.05) is 26.2 Å². The zero-order valence-corrected chi connectivity index (χ0v) is 13.8. The van der Waals surface area contributed by atoms with Gasteiger partial charge in [-0.15, -0.1) is 0 Å². The number of aromatic hydroxyl groups is 1. The third kappa shape index (κ3) is 2.84. The van der Waals surface area contributed by atoms with E-state index in [4.69, 9.17) is 11.6 Å². The highest BCUT2D eigenvalue weighted by Gasteiger charge is 2.35. The normalized spacial score (nSPS) is 22.5. The van der Waals surface area contributed by atoms with E-state index in [1.807, 2.05) is 6.07 Å². The SMILES string of the molecule is Oc1c(Cl)cc(Br)cc1[C@@H](C1CCC1)N1CCNCC1. The predicted octanol–water partition coefficient (Wildman–Crippen LogP) is 3.55. The van der Waals surface area contributed by atoms with Crippen LogP contribution in [-0.4, -0.2) is 36.2 Å². The Morgan fingerprint density at radius 2 is 2.00 bits per heavy atom. The lowest BCUT2D eigenvalue weighted by atomic mass is 9.76. The lowest BCUT2D eigenvalue weighted by Gasteiger charge is -2.43. The molecule has 1 saturated heterocycles. The van der Waals surface area contributed by atoms with E-state index in [0.29, 0.717) is 17.0 Å². The van der Waals surface area contributed by atoms with Crippen LogP contribution < -0.4 is 5.32 Å². The van der Waals surface area contributed by atoms with E-state index in [-0.39, 0.29) is 5.75 Å². The number of halogens is 2. The standard InChI is InChI=1S/C15H20BrClN2O/c16-11-8-12(15(20)13(17)9-11)14(10-2-1-3-10)19-6-4-18-5-7-19/h8-10,14,18,20H,1-7H2/t14-/m1/s1. The van der Waals surface area contributed by atoms with E-state index < -0.39 is 0 Å². The first-order valence-corrected chi connectivity index (χ1v) is 8.46. The van der Waals surface area contributed by atoms with Crippen LogP contribution in [-0.2, 0) is 0 Å². The number of hydrogen-bond acceptors (Lipinski definition) is 3. The molecule has 2 N–H and O–H groups in total. The van der Waals surface area contributed by atoms with Gasteiger partial charge in [-0.25, -0.2) is 0 Å². The van der Waals surface area contributed by atoms with Gasteiger partial charge in [0.1, 0.15) is 5.75 Å². The summed E-state index contributed by atoms with van der Waals surface area (Å²) in [6.45, 7) is 4.10. The Hall–Kier alpha value is -0.290. The topological polar surface area (TPSA) is 35.5 Å². The van der Waals surface area contributed by atoms with E-state index in [1.54, 1.807) is 6.07 Å². The molecular formula is C15H20BrClN2O. The lowest BCUT2D eigenvalue weighted by molar-refractivity contribution is 0.0819. The largest absolute Gasteiger partial charge is 0.506 e. The Morgan fingerprint density at radius 1 is 1.30 bits per heavy atom. The van der Waals surface area contributed by atoms with Crippen molar-refractivity contribution in [3.05, 3.63) is 27.2 Å². The van der Waals surface area contributed by atoms with Crippen molar-refractivity contribution in [3.8, 4) is 5.75 Å². The molecule has 2 aliphatic rings. The molecule has 0 radical (unpaired) electrons. The zero-order chi connectivity index (χ0) is 14.1. The van der Waals surface area contributed by atoms with Crippen molar-refractivity contribution in [1.82, 2.24) is 10.2 Å². The van der Waals surface area contributed by atoms with E-state index in [1.165, 1.54) is 19.3 Å². The van der Waals surface area contributed by atoms with Gasteiger partial charge in [0.25, 0.3) is 0 Å². The maximum Gasteiger partial charge on any atom is 0.139 e. The molecule has 1 aromatic rings. The molecule has 1 aliphatic carbocycles. The molecule has 1 atom stereocenters. The molecule has 1 saturated carbocycles. The zero-order valence-electron chi connectivity index (χ0n) is 11.4. The first kappa shape index (κ1) is 14.6. The number of benzene rings is 1. The highest BCUT2D eigenvalue weighted by atomic mass is 79.9. The van der Waals surface area contributed by atoms with Crippen molar-refractivity contribution in [2.45, 2.75) is 25.3 Å². The Balaban J connectivity index is 1.96. The van der Waals surface area contributed by atoms with E-state index in [9.17, 15) is 5.11 Å². The Kier molecular flexibility index (Phi) is 4.55. The van der Waals surface area contributed by atoms with Gasteiger partial charge in [-0.05, 0) is 30.9 Å². The van der Waals surface area contributed by atoms with Crippen molar-refractivity contribution in [2.24, 2.45) is 5.92 Å². The Bertz CT molecular complexity index is 487. The average Bonchev–Trinajstić information content (AvgIpc) is 2.39. The predicted molar refractivity (Wildman–Crippen MR) is 85.3 cm³/mol. The highest BCUT2D eigenvalue weighted by molar-refractivity contribution is 9.10. The van der Waals surface area contributed by atoms with Crippen LogP contribution in [0.1, 0.15) is 30.9 Å². The third-order valence-electron chi connectivity index (χ3n) is 4.52. The molecule has 3 rings (SSSR count). The molecule has 0 bridgehead atoms. The second-order valence-corrected chi connectivity index (χ2v) is 7.07. The van der Waals surface area contributed by atoms with Gasteiger partial charge in [0.15, 0.2) is 0 Å². The molecule has 5 heteroatoms. The van der Waals surface area contributed by atoms with Crippen LogP contribution >= 0.6 is 27.5 Å². The average molecular weight is 360 g/mol. The van der Waals surface area contributed by atoms with Gasteiger partial charge in [-0.1, -0.05) is 34.0 Å². The summed E-state index contributed by atoms with van der Waals surface area (Å²) >= 11 is 9.66. The second-order valence-electron chi connectivity index (χ2n) is 5.75. The number of nitrogens with zero attached hydrogens (tertiary/aromatic N) is 1. The molecule has 20 heavy (non-hydrogen) atoms. The first-order valence-electron chi connectivity index (χ1n) is 7.29. The highest BCUT2D eigenvalue weighted by Crippen LogP contribution is 2.46. The number of piperazine rings is 1. The van der Waals surface area contributed by atoms with Gasteiger partial charge in [-0.3, -0.25) is 4.90 Å². The molecule has 0 unspecified atom stereocenters. The lowest BCUT2D eigenvalue weighted by Crippen LogP contribution is -2.47. The number of rotatable bonds is 3. The minimum absolute atomic E-state index is 0.255. The summed E-state index contributed by atoms with van der Waals surface area (Å²) < 4.78 is 0.940. The molecular weight excluding hydrogens is 340 g/mol. The molecule has 110 valence electrons. The summed E-state index contributed by atoms with van der Waals surface area (Å²) in [7, 11) is 0. The van der Waals surface area contributed by atoms with Gasteiger partial charge in [0, 0.05) is 42.3 Å². The maximum absolute atomic E-state index is 10.4. The van der Waals surface area contributed by atoms with Crippen molar-refractivity contribution < 1.29 is 5.11 Å². The molecule has 0 aromatic heterocycles. The van der Waals surface area contributed by atoms with Gasteiger partial charge < -0.3 is 10.4 Å². The van der Waals surface area contributed by atoms with Crippen LogP contribution in [0.4, 0.5) is 0 Å². The summed E-state index contributed by atoms with van der Waals surface area (Å²) in [6.07, 6.45) is 3.80. The van der Waals surface area contributed by atoms with Gasteiger partial charge in [0.2, 0.25) is 0 Å². The van der Waals surface area contributed by atoms with Gasteiger partial charge >= 0.3 is 0 Å². The summed E-state index contributed by atoms with van der Waals surface area (Å²) in [5, 5.41) is 14.2. The number of hydrogen-bond donors (Lipinski definition) is 2. The monoisotopic (exact) mass is 358 g/mol. The second kappa shape index (κ2) is 6.22. The molecule has 1 heterocycles. The van der Waals surface area contributed by atoms with Gasteiger partial charge in [-0.2, -0.15) is 0 Å². The Morgan fingerprint density at radius 3 is 2.60 bits per heavy atom. The van der Waals surface area contributed by atoms with Crippen molar-refractivity contribution in [3.63, 3.8) is 0 Å². The van der Waals surface area contributed by atoms with Crippen LogP contribution in [0.3, 0.4) is 0 Å². The summed E-state index contributed by atoms with van der Waals surface area (Å²) in [5.41, 5.74) is 0.982. The van der Waals surface area contributed by atoms with E-state index in [0.717, 1.165) is 36.2 Å². The van der Waals surface area contributed by atoms with Crippen LogP contribution in [0.5, 0.6) is 5.75 Å². The fourth-order valence-corrected chi connectivity index (χ4v) is 4.11. The summed E-state index contributed by atoms with van der Waals surface area (Å²) in [5.74, 6) is 0.898. The molecule has 0 amide bonds. The fourth-order valence-electron chi connectivity index (χ4n) is 3.28. The molecule has 1 aliphatic heterocycles. The van der Waals surface area contributed by atoms with Gasteiger partial charge in [0.05, 0.1) is 5.02 Å². The molecule has 2 fully saturated rings. The molecule has 1 aromatic carbocycles. The van der Waals surface area contributed by atoms with Crippen LogP contribution in [0.2, 0.25) is 5.02 Å². The smallest absolute Gasteiger partial charge is 0.139 e. The summed E-state index contributed by atoms with van der Waals surface area (Å²) in [6, 6.07) is 4.09. The van der Waals surface area contributed by atoms with E-state index in [2.05, 4.69) is 26.1 Å². The molecule has 0 spiro atoms. The fraction of sp³-hybridized carbons (Fsp3) is 0.600. The Labute approximate surface area is 133 Å². The van der Waals surface area contributed by atoms with E-state index >= 15 is 0 Å². The van der Waals surface area contributed by atoms with Crippen LogP contribution in [0, 0.1) is 5.92 Å². The van der Waals surface area contributed by atoms with Crippen LogP contribution in [0.25, 0.3) is 0 Å².